The molecule has 0 unspecified atom stereocenters. The lowest BCUT2D eigenvalue weighted by Crippen LogP contribution is -2.29. The molecular formula is C7H13FO. The van der Waals surface area contributed by atoms with Crippen molar-refractivity contribution in [1.29, 1.82) is 0 Å². The summed E-state index contributed by atoms with van der Waals surface area (Å²) >= 11 is 0. The Kier molecular flexibility index (Phi) is 2.06. The first-order valence-corrected chi connectivity index (χ1v) is 3.52. The van der Waals surface area contributed by atoms with Gasteiger partial charge in [-0.25, -0.2) is 4.39 Å². The fraction of sp³-hybridized carbons (Fsp3) is 1.00. The molecule has 3 atom stereocenters. The number of halogens is 1. The van der Waals surface area contributed by atoms with Crippen molar-refractivity contribution in [3.63, 3.8) is 0 Å². The first-order chi connectivity index (χ1) is 4.20. The molecule has 0 amide bonds. The highest BCUT2D eigenvalue weighted by atomic mass is 19.1. The van der Waals surface area contributed by atoms with Gasteiger partial charge < -0.3 is 5.11 Å². The van der Waals surface area contributed by atoms with Crippen molar-refractivity contribution in [1.82, 2.24) is 0 Å². The van der Waals surface area contributed by atoms with Crippen LogP contribution in [0.15, 0.2) is 0 Å². The molecule has 0 aliphatic heterocycles. The lowest BCUT2D eigenvalue weighted by Gasteiger charge is -2.25. The second kappa shape index (κ2) is 2.65. The number of aliphatic hydroxyl groups is 1. The van der Waals surface area contributed by atoms with Crippen molar-refractivity contribution < 1.29 is 9.50 Å². The third-order valence-corrected chi connectivity index (χ3v) is 2.00. The molecule has 1 nitrogen and oxygen atoms in total. The molecule has 2 heteroatoms. The molecule has 0 aromatic heterocycles. The van der Waals surface area contributed by atoms with Gasteiger partial charge in [-0.2, -0.15) is 0 Å². The highest BCUT2D eigenvalue weighted by Gasteiger charge is 2.26. The average Bonchev–Trinajstić information content (AvgIpc) is 1.80. The Bertz CT molecular complexity index is 94.9. The van der Waals surface area contributed by atoms with Gasteiger partial charge in [-0.05, 0) is 25.2 Å². The standard InChI is InChI=1S/C7H13FO/c1-5-2-3-7(9)6(8)4-5/h5-7,9H,2-4H2,1H3/t5-,6+,7+/m0/s1. The van der Waals surface area contributed by atoms with Crippen LogP contribution in [0, 0.1) is 5.92 Å². The molecule has 1 aliphatic carbocycles. The van der Waals surface area contributed by atoms with Crippen LogP contribution in [-0.4, -0.2) is 17.4 Å². The molecule has 1 N–H and O–H groups in total. The van der Waals surface area contributed by atoms with Crippen LogP contribution in [0.1, 0.15) is 26.2 Å². The Hall–Kier alpha value is -0.110. The van der Waals surface area contributed by atoms with E-state index in [0.29, 0.717) is 18.8 Å². The van der Waals surface area contributed by atoms with Crippen LogP contribution in [0.3, 0.4) is 0 Å². The van der Waals surface area contributed by atoms with Gasteiger partial charge in [0.05, 0.1) is 6.10 Å². The fourth-order valence-corrected chi connectivity index (χ4v) is 1.30. The zero-order valence-corrected chi connectivity index (χ0v) is 5.68. The SMILES string of the molecule is C[C@H]1CC[C@@H](O)[C@H](F)C1. The van der Waals surface area contributed by atoms with Crippen molar-refractivity contribution in [2.45, 2.75) is 38.5 Å². The summed E-state index contributed by atoms with van der Waals surface area (Å²) in [6.45, 7) is 2.03. The number of aliphatic hydroxyl groups excluding tert-OH is 1. The largest absolute Gasteiger partial charge is 0.390 e. The number of alkyl halides is 1. The minimum absolute atomic E-state index is 0.461. The van der Waals surface area contributed by atoms with Gasteiger partial charge in [-0.3, -0.25) is 0 Å². The van der Waals surface area contributed by atoms with Crippen molar-refractivity contribution >= 4 is 0 Å². The number of hydrogen-bond acceptors (Lipinski definition) is 1. The molecule has 0 heterocycles. The van der Waals surface area contributed by atoms with E-state index in [0.717, 1.165) is 6.42 Å². The fourth-order valence-electron chi connectivity index (χ4n) is 1.30. The van der Waals surface area contributed by atoms with E-state index in [1.165, 1.54) is 0 Å². The molecule has 0 aromatic rings. The van der Waals surface area contributed by atoms with Gasteiger partial charge >= 0.3 is 0 Å². The molecule has 54 valence electrons. The average molecular weight is 132 g/mol. The monoisotopic (exact) mass is 132 g/mol. The molecule has 1 aliphatic rings. The summed E-state index contributed by atoms with van der Waals surface area (Å²) in [4.78, 5) is 0. The molecule has 1 saturated carbocycles. The molecular weight excluding hydrogens is 119 g/mol. The number of rotatable bonds is 0. The van der Waals surface area contributed by atoms with Gasteiger partial charge in [-0.1, -0.05) is 6.92 Å². The molecule has 1 fully saturated rings. The van der Waals surface area contributed by atoms with E-state index >= 15 is 0 Å². The van der Waals surface area contributed by atoms with Gasteiger partial charge in [-0.15, -0.1) is 0 Å². The van der Waals surface area contributed by atoms with Crippen molar-refractivity contribution in [2.75, 3.05) is 0 Å². The van der Waals surface area contributed by atoms with Crippen molar-refractivity contribution in [3.8, 4) is 0 Å². The van der Waals surface area contributed by atoms with E-state index in [1.807, 2.05) is 6.92 Å². The van der Waals surface area contributed by atoms with Crippen LogP contribution >= 0.6 is 0 Å². The first-order valence-electron chi connectivity index (χ1n) is 3.52. The topological polar surface area (TPSA) is 20.2 Å². The minimum atomic E-state index is -0.964. The summed E-state index contributed by atoms with van der Waals surface area (Å²) in [5.74, 6) is 0.461. The Morgan fingerprint density at radius 1 is 1.44 bits per heavy atom. The normalized spacial score (nSPS) is 45.0. The van der Waals surface area contributed by atoms with Gasteiger partial charge in [0.25, 0.3) is 0 Å². The highest BCUT2D eigenvalue weighted by molar-refractivity contribution is 4.76. The Morgan fingerprint density at radius 2 is 2.11 bits per heavy atom. The third kappa shape index (κ3) is 1.65. The lowest BCUT2D eigenvalue weighted by molar-refractivity contribution is 0.0278. The van der Waals surface area contributed by atoms with Crippen LogP contribution in [0.25, 0.3) is 0 Å². The zero-order chi connectivity index (χ0) is 6.85. The molecule has 9 heavy (non-hydrogen) atoms. The molecule has 0 saturated heterocycles. The van der Waals surface area contributed by atoms with E-state index in [-0.39, 0.29) is 0 Å². The molecule has 1 rings (SSSR count). The van der Waals surface area contributed by atoms with E-state index < -0.39 is 12.3 Å². The number of hydrogen-bond donors (Lipinski definition) is 1. The zero-order valence-electron chi connectivity index (χ0n) is 5.68. The summed E-state index contributed by atoms with van der Waals surface area (Å²) in [6.07, 6.45) is 0.514. The molecule has 0 aromatic carbocycles. The van der Waals surface area contributed by atoms with Crippen LogP contribution in [-0.2, 0) is 0 Å². The minimum Gasteiger partial charge on any atom is -0.390 e. The maximum atomic E-state index is 12.6. The van der Waals surface area contributed by atoms with Gasteiger partial charge in [0.1, 0.15) is 6.17 Å². The van der Waals surface area contributed by atoms with Crippen LogP contribution < -0.4 is 0 Å². The summed E-state index contributed by atoms with van der Waals surface area (Å²) < 4.78 is 12.6. The summed E-state index contributed by atoms with van der Waals surface area (Å²) in [6, 6.07) is 0. The predicted molar refractivity (Wildman–Crippen MR) is 33.9 cm³/mol. The first kappa shape index (κ1) is 7.00. The van der Waals surface area contributed by atoms with E-state index in [9.17, 15) is 4.39 Å². The summed E-state index contributed by atoms with van der Waals surface area (Å²) in [5, 5.41) is 8.92. The van der Waals surface area contributed by atoms with E-state index in [4.69, 9.17) is 5.11 Å². The molecule has 0 spiro atoms. The second-order valence-corrected chi connectivity index (χ2v) is 3.00. The molecule has 0 radical (unpaired) electrons. The van der Waals surface area contributed by atoms with E-state index in [2.05, 4.69) is 0 Å². The van der Waals surface area contributed by atoms with Crippen molar-refractivity contribution in [3.05, 3.63) is 0 Å². The maximum Gasteiger partial charge on any atom is 0.126 e. The van der Waals surface area contributed by atoms with Gasteiger partial charge in [0.15, 0.2) is 0 Å². The van der Waals surface area contributed by atoms with Gasteiger partial charge in [0.2, 0.25) is 0 Å². The maximum absolute atomic E-state index is 12.6. The molecule has 0 bridgehead atoms. The summed E-state index contributed by atoms with van der Waals surface area (Å²) in [7, 11) is 0. The lowest BCUT2D eigenvalue weighted by atomic mass is 9.88. The van der Waals surface area contributed by atoms with E-state index in [1.54, 1.807) is 0 Å². The van der Waals surface area contributed by atoms with Gasteiger partial charge in [0, 0.05) is 0 Å². The highest BCUT2D eigenvalue weighted by Crippen LogP contribution is 2.25. The predicted octanol–water partition coefficient (Wildman–Crippen LogP) is 1.51. The summed E-state index contributed by atoms with van der Waals surface area (Å²) in [5.41, 5.74) is 0. The third-order valence-electron chi connectivity index (χ3n) is 2.00. The quantitative estimate of drug-likeness (QED) is 0.529. The van der Waals surface area contributed by atoms with Crippen molar-refractivity contribution in [2.24, 2.45) is 5.92 Å². The Morgan fingerprint density at radius 3 is 2.56 bits per heavy atom. The smallest absolute Gasteiger partial charge is 0.126 e. The van der Waals surface area contributed by atoms with Crippen LogP contribution in [0.4, 0.5) is 4.39 Å². The van der Waals surface area contributed by atoms with Crippen LogP contribution in [0.5, 0.6) is 0 Å². The Labute approximate surface area is 54.9 Å². The second-order valence-electron chi connectivity index (χ2n) is 3.00. The van der Waals surface area contributed by atoms with Crippen LogP contribution in [0.2, 0.25) is 0 Å². The Balaban J connectivity index is 2.35.